The van der Waals surface area contributed by atoms with Crippen LogP contribution in [0, 0.1) is 29.6 Å². The van der Waals surface area contributed by atoms with Gasteiger partial charge in [0.1, 0.15) is 0 Å². The second-order valence-corrected chi connectivity index (χ2v) is 7.96. The van der Waals surface area contributed by atoms with Gasteiger partial charge < -0.3 is 10.6 Å². The van der Waals surface area contributed by atoms with Gasteiger partial charge in [0.05, 0.1) is 0 Å². The quantitative estimate of drug-likeness (QED) is 0.812. The topological polar surface area (TPSA) is 41.1 Å². The zero-order valence-corrected chi connectivity index (χ0v) is 15.0. The lowest BCUT2D eigenvalue weighted by Gasteiger charge is -2.30. The van der Waals surface area contributed by atoms with Gasteiger partial charge in [-0.2, -0.15) is 0 Å². The molecule has 22 heavy (non-hydrogen) atoms. The molecule has 2 N–H and O–H groups in total. The summed E-state index contributed by atoms with van der Waals surface area (Å²) in [7, 11) is 0. The summed E-state index contributed by atoms with van der Waals surface area (Å²) in [6.45, 7) is 6.74. The number of carbonyl (C=O) groups is 1. The third-order valence-electron chi connectivity index (χ3n) is 6.52. The lowest BCUT2D eigenvalue weighted by Crippen LogP contribution is -2.41. The number of fused-ring (bicyclic) bond motifs is 2. The van der Waals surface area contributed by atoms with Crippen LogP contribution in [-0.2, 0) is 4.79 Å². The van der Waals surface area contributed by atoms with Crippen molar-refractivity contribution < 1.29 is 4.79 Å². The number of piperidine rings is 1. The number of amides is 1. The molecule has 3 nitrogen and oxygen atoms in total. The molecule has 0 radical (unpaired) electrons. The summed E-state index contributed by atoms with van der Waals surface area (Å²) < 4.78 is 0. The first kappa shape index (κ1) is 18.1. The molecule has 4 heteroatoms. The number of halogens is 1. The summed E-state index contributed by atoms with van der Waals surface area (Å²) in [5, 5.41) is 6.73. The molecule has 2 aliphatic carbocycles. The highest BCUT2D eigenvalue weighted by Gasteiger charge is 2.42. The van der Waals surface area contributed by atoms with E-state index in [1.807, 2.05) is 0 Å². The van der Waals surface area contributed by atoms with Crippen LogP contribution in [0.3, 0.4) is 0 Å². The van der Waals surface area contributed by atoms with Crippen molar-refractivity contribution in [2.24, 2.45) is 29.6 Å². The van der Waals surface area contributed by atoms with E-state index in [-0.39, 0.29) is 18.3 Å². The average Bonchev–Trinajstić information content (AvgIpc) is 3.10. The Labute approximate surface area is 141 Å². The van der Waals surface area contributed by atoms with Crippen molar-refractivity contribution in [1.29, 1.82) is 0 Å². The summed E-state index contributed by atoms with van der Waals surface area (Å²) in [6.07, 6.45) is 8.81. The van der Waals surface area contributed by atoms with Crippen LogP contribution in [0.15, 0.2) is 0 Å². The highest BCUT2D eigenvalue weighted by molar-refractivity contribution is 5.85. The van der Waals surface area contributed by atoms with E-state index < -0.39 is 0 Å². The van der Waals surface area contributed by atoms with Gasteiger partial charge in [0.15, 0.2) is 0 Å². The number of nitrogens with one attached hydrogen (secondary N) is 2. The SMILES string of the molecule is CC(CC(=O)NC(C)C1CC2CCC1C2)C1CCNCC1.Cl. The largest absolute Gasteiger partial charge is 0.353 e. The second kappa shape index (κ2) is 8.01. The van der Waals surface area contributed by atoms with Gasteiger partial charge in [-0.05, 0) is 81.7 Å². The Morgan fingerprint density at radius 3 is 2.45 bits per heavy atom. The molecule has 1 aliphatic heterocycles. The maximum absolute atomic E-state index is 12.3. The lowest BCUT2D eigenvalue weighted by molar-refractivity contribution is -0.123. The summed E-state index contributed by atoms with van der Waals surface area (Å²) in [4.78, 5) is 12.3. The predicted octanol–water partition coefficient (Wildman–Crippen LogP) is 3.37. The van der Waals surface area contributed by atoms with Crippen LogP contribution in [0.4, 0.5) is 0 Å². The van der Waals surface area contributed by atoms with Crippen LogP contribution in [0.1, 0.15) is 58.8 Å². The molecule has 5 unspecified atom stereocenters. The average molecular weight is 329 g/mol. The molecule has 0 spiro atoms. The molecule has 3 aliphatic rings. The molecule has 1 saturated heterocycles. The van der Waals surface area contributed by atoms with Gasteiger partial charge in [-0.1, -0.05) is 13.3 Å². The molecular weight excluding hydrogens is 296 g/mol. The Balaban J connectivity index is 0.00000176. The molecule has 3 fully saturated rings. The van der Waals surface area contributed by atoms with E-state index in [4.69, 9.17) is 0 Å². The number of rotatable bonds is 5. The normalized spacial score (nSPS) is 34.0. The molecule has 0 aromatic carbocycles. The zero-order chi connectivity index (χ0) is 14.8. The second-order valence-electron chi connectivity index (χ2n) is 7.96. The highest BCUT2D eigenvalue weighted by Crippen LogP contribution is 2.49. The molecule has 0 aromatic heterocycles. The summed E-state index contributed by atoms with van der Waals surface area (Å²) >= 11 is 0. The Hall–Kier alpha value is -0.280. The fraction of sp³-hybridized carbons (Fsp3) is 0.944. The van der Waals surface area contributed by atoms with Gasteiger partial charge in [-0.15, -0.1) is 12.4 Å². The van der Waals surface area contributed by atoms with Crippen molar-refractivity contribution in [2.45, 2.75) is 64.8 Å². The van der Waals surface area contributed by atoms with Crippen molar-refractivity contribution >= 4 is 18.3 Å². The zero-order valence-electron chi connectivity index (χ0n) is 14.1. The van der Waals surface area contributed by atoms with Crippen LogP contribution in [0.25, 0.3) is 0 Å². The molecule has 1 amide bonds. The number of carbonyl (C=O) groups excluding carboxylic acids is 1. The first-order valence-corrected chi connectivity index (χ1v) is 9.13. The van der Waals surface area contributed by atoms with Crippen LogP contribution in [0.5, 0.6) is 0 Å². The first-order chi connectivity index (χ1) is 10.1. The number of hydrogen-bond donors (Lipinski definition) is 2. The third kappa shape index (κ3) is 4.17. The Morgan fingerprint density at radius 2 is 1.86 bits per heavy atom. The fourth-order valence-corrected chi connectivity index (χ4v) is 5.20. The Bertz CT molecular complexity index is 370. The van der Waals surface area contributed by atoms with Crippen molar-refractivity contribution in [2.75, 3.05) is 13.1 Å². The van der Waals surface area contributed by atoms with Crippen molar-refractivity contribution in [3.8, 4) is 0 Å². The molecule has 5 atom stereocenters. The third-order valence-corrected chi connectivity index (χ3v) is 6.52. The molecule has 2 bridgehead atoms. The summed E-state index contributed by atoms with van der Waals surface area (Å²) in [6, 6.07) is 0.382. The molecular formula is C18H33ClN2O. The van der Waals surface area contributed by atoms with Gasteiger partial charge in [-0.3, -0.25) is 4.79 Å². The smallest absolute Gasteiger partial charge is 0.220 e. The molecule has 2 saturated carbocycles. The minimum atomic E-state index is 0. The van der Waals surface area contributed by atoms with Crippen molar-refractivity contribution in [3.05, 3.63) is 0 Å². The van der Waals surface area contributed by atoms with Crippen LogP contribution >= 0.6 is 12.4 Å². The Morgan fingerprint density at radius 1 is 1.14 bits per heavy atom. The monoisotopic (exact) mass is 328 g/mol. The summed E-state index contributed by atoms with van der Waals surface area (Å²) in [5.41, 5.74) is 0. The van der Waals surface area contributed by atoms with E-state index in [0.29, 0.717) is 12.0 Å². The lowest BCUT2D eigenvalue weighted by atomic mass is 9.82. The van der Waals surface area contributed by atoms with Gasteiger partial charge in [0.25, 0.3) is 0 Å². The molecule has 128 valence electrons. The fourth-order valence-electron chi connectivity index (χ4n) is 5.20. The van der Waals surface area contributed by atoms with E-state index in [0.717, 1.165) is 43.2 Å². The van der Waals surface area contributed by atoms with E-state index in [9.17, 15) is 4.79 Å². The maximum Gasteiger partial charge on any atom is 0.220 e. The number of hydrogen-bond acceptors (Lipinski definition) is 2. The van der Waals surface area contributed by atoms with Crippen LogP contribution in [0.2, 0.25) is 0 Å². The molecule has 1 heterocycles. The van der Waals surface area contributed by atoms with E-state index in [2.05, 4.69) is 24.5 Å². The standard InChI is InChI=1S/C18H32N2O.ClH/c1-12(15-5-7-19-8-6-15)9-18(21)20-13(2)17-11-14-3-4-16(17)10-14;/h12-17,19H,3-11H2,1-2H3,(H,20,21);1H. The van der Waals surface area contributed by atoms with Crippen molar-refractivity contribution in [3.63, 3.8) is 0 Å². The maximum atomic E-state index is 12.3. The van der Waals surface area contributed by atoms with Crippen molar-refractivity contribution in [1.82, 2.24) is 10.6 Å². The van der Waals surface area contributed by atoms with Gasteiger partial charge in [-0.25, -0.2) is 0 Å². The molecule has 0 aromatic rings. The predicted molar refractivity (Wildman–Crippen MR) is 93.2 cm³/mol. The van der Waals surface area contributed by atoms with Gasteiger partial charge in [0, 0.05) is 12.5 Å². The van der Waals surface area contributed by atoms with Gasteiger partial charge in [0.2, 0.25) is 5.91 Å². The first-order valence-electron chi connectivity index (χ1n) is 9.13. The highest BCUT2D eigenvalue weighted by atomic mass is 35.5. The minimum absolute atomic E-state index is 0. The van der Waals surface area contributed by atoms with Crippen LogP contribution < -0.4 is 10.6 Å². The Kier molecular flexibility index (Phi) is 6.58. The van der Waals surface area contributed by atoms with Crippen LogP contribution in [-0.4, -0.2) is 25.0 Å². The molecule has 3 rings (SSSR count). The van der Waals surface area contributed by atoms with Gasteiger partial charge >= 0.3 is 0 Å². The van der Waals surface area contributed by atoms with E-state index in [1.165, 1.54) is 38.5 Å². The van der Waals surface area contributed by atoms with E-state index >= 15 is 0 Å². The summed E-state index contributed by atoms with van der Waals surface area (Å²) in [5.74, 6) is 4.16. The minimum Gasteiger partial charge on any atom is -0.353 e. The van der Waals surface area contributed by atoms with E-state index in [1.54, 1.807) is 0 Å².